The molecule has 1 aliphatic heterocycles. The largest absolute Gasteiger partial charge is 0.339 e. The Morgan fingerprint density at radius 2 is 1.71 bits per heavy atom. The number of amides is 1. The molecule has 1 amide bonds. The van der Waals surface area contributed by atoms with Crippen molar-refractivity contribution in [3.05, 3.63) is 46.8 Å². The molecule has 0 atom stereocenters. The van der Waals surface area contributed by atoms with Crippen molar-refractivity contribution in [2.45, 2.75) is 52.9 Å². The number of benzene rings is 1. The molecule has 24 heavy (non-hydrogen) atoms. The third-order valence-electron chi connectivity index (χ3n) is 4.86. The van der Waals surface area contributed by atoms with Crippen molar-refractivity contribution < 1.29 is 4.79 Å². The molecule has 0 unspecified atom stereocenters. The molecule has 1 aromatic heterocycles. The lowest BCUT2D eigenvalue weighted by molar-refractivity contribution is 0.0722. The molecule has 1 saturated heterocycles. The Bertz CT molecular complexity index is 709. The summed E-state index contributed by atoms with van der Waals surface area (Å²) in [7, 11) is 0. The van der Waals surface area contributed by atoms with Crippen LogP contribution in [0.15, 0.2) is 24.3 Å². The molecule has 4 nitrogen and oxygen atoms in total. The van der Waals surface area contributed by atoms with Crippen LogP contribution >= 0.6 is 0 Å². The molecule has 2 heterocycles. The normalized spacial score (nSPS) is 14.9. The highest BCUT2D eigenvalue weighted by molar-refractivity contribution is 5.96. The fourth-order valence-electron chi connectivity index (χ4n) is 3.48. The lowest BCUT2D eigenvalue weighted by Gasteiger charge is -2.27. The first kappa shape index (κ1) is 16.7. The third-order valence-corrected chi connectivity index (χ3v) is 4.86. The molecule has 0 saturated carbocycles. The summed E-state index contributed by atoms with van der Waals surface area (Å²) in [6, 6.07) is 8.34. The molecule has 3 rings (SSSR count). The number of carbonyl (C=O) groups is 1. The Labute approximate surface area is 144 Å². The summed E-state index contributed by atoms with van der Waals surface area (Å²) in [5, 5.41) is 4.78. The number of rotatable bonds is 4. The number of aromatic nitrogens is 2. The van der Waals surface area contributed by atoms with Crippen LogP contribution in [-0.2, 0) is 12.8 Å². The molecule has 2 aromatic rings. The lowest BCUT2D eigenvalue weighted by Crippen LogP contribution is -2.36. The molecule has 1 fully saturated rings. The van der Waals surface area contributed by atoms with Crippen LogP contribution in [0.2, 0.25) is 0 Å². The minimum absolute atomic E-state index is 0.168. The first-order valence-electron chi connectivity index (χ1n) is 9.12. The summed E-state index contributed by atoms with van der Waals surface area (Å²) < 4.78 is 1.97. The zero-order valence-electron chi connectivity index (χ0n) is 15.0. The number of piperidine rings is 1. The molecule has 128 valence electrons. The fourth-order valence-corrected chi connectivity index (χ4v) is 3.48. The average Bonchev–Trinajstić information content (AvgIpc) is 3.01. The monoisotopic (exact) mass is 325 g/mol. The first-order valence-corrected chi connectivity index (χ1v) is 9.12. The molecule has 0 aliphatic carbocycles. The van der Waals surface area contributed by atoms with Gasteiger partial charge in [0.15, 0.2) is 0 Å². The standard InChI is InChI=1S/C20H27N3O/c1-4-17-19(20(24)22-13-7-6-8-14-22)18(5-2)23(21-17)16-11-9-15(3)10-12-16/h9-12H,4-8,13-14H2,1-3H3. The Kier molecular flexibility index (Phi) is 5.03. The van der Waals surface area contributed by atoms with E-state index in [1.54, 1.807) is 0 Å². The number of hydrogen-bond acceptors (Lipinski definition) is 2. The molecule has 0 spiro atoms. The summed E-state index contributed by atoms with van der Waals surface area (Å²) >= 11 is 0. The van der Waals surface area contributed by atoms with Crippen LogP contribution in [0.5, 0.6) is 0 Å². The Morgan fingerprint density at radius 3 is 2.29 bits per heavy atom. The molecule has 0 N–H and O–H groups in total. The second kappa shape index (κ2) is 7.20. The van der Waals surface area contributed by atoms with Gasteiger partial charge in [0.25, 0.3) is 5.91 Å². The number of carbonyl (C=O) groups excluding carboxylic acids is 1. The second-order valence-electron chi connectivity index (χ2n) is 6.58. The van der Waals surface area contributed by atoms with Crippen LogP contribution in [0, 0.1) is 6.92 Å². The van der Waals surface area contributed by atoms with E-state index in [0.29, 0.717) is 0 Å². The topological polar surface area (TPSA) is 38.1 Å². The van der Waals surface area contributed by atoms with Gasteiger partial charge in [-0.15, -0.1) is 0 Å². The van der Waals surface area contributed by atoms with E-state index in [0.717, 1.165) is 61.4 Å². The van der Waals surface area contributed by atoms with Crippen LogP contribution in [0.1, 0.15) is 60.4 Å². The van der Waals surface area contributed by atoms with Crippen LogP contribution < -0.4 is 0 Å². The van der Waals surface area contributed by atoms with E-state index in [1.165, 1.54) is 12.0 Å². The highest BCUT2D eigenvalue weighted by Crippen LogP contribution is 2.24. The van der Waals surface area contributed by atoms with Gasteiger partial charge in [-0.3, -0.25) is 4.79 Å². The van der Waals surface area contributed by atoms with Crippen molar-refractivity contribution in [1.29, 1.82) is 0 Å². The lowest BCUT2D eigenvalue weighted by atomic mass is 10.0. The number of aryl methyl sites for hydroxylation is 2. The van der Waals surface area contributed by atoms with Gasteiger partial charge in [-0.1, -0.05) is 31.5 Å². The molecule has 0 bridgehead atoms. The van der Waals surface area contributed by atoms with Gasteiger partial charge in [0.2, 0.25) is 0 Å². The SMILES string of the molecule is CCc1nn(-c2ccc(C)cc2)c(CC)c1C(=O)N1CCCCC1. The van der Waals surface area contributed by atoms with Crippen LogP contribution in [-0.4, -0.2) is 33.7 Å². The van der Waals surface area contributed by atoms with Crippen molar-refractivity contribution in [2.75, 3.05) is 13.1 Å². The summed E-state index contributed by atoms with van der Waals surface area (Å²) in [6.07, 6.45) is 5.03. The molecule has 0 radical (unpaired) electrons. The third kappa shape index (κ3) is 3.10. The zero-order chi connectivity index (χ0) is 17.1. The van der Waals surface area contributed by atoms with E-state index in [4.69, 9.17) is 5.10 Å². The van der Waals surface area contributed by atoms with Gasteiger partial charge in [0.1, 0.15) is 0 Å². The maximum Gasteiger partial charge on any atom is 0.257 e. The quantitative estimate of drug-likeness (QED) is 0.854. The zero-order valence-corrected chi connectivity index (χ0v) is 15.0. The predicted molar refractivity (Wildman–Crippen MR) is 96.8 cm³/mol. The van der Waals surface area contributed by atoms with Crippen molar-refractivity contribution in [3.63, 3.8) is 0 Å². The molecule has 4 heteroatoms. The van der Waals surface area contributed by atoms with E-state index in [-0.39, 0.29) is 5.91 Å². The van der Waals surface area contributed by atoms with Gasteiger partial charge in [0, 0.05) is 13.1 Å². The van der Waals surface area contributed by atoms with Gasteiger partial charge in [-0.2, -0.15) is 5.10 Å². The van der Waals surface area contributed by atoms with Crippen molar-refractivity contribution in [3.8, 4) is 5.69 Å². The summed E-state index contributed by atoms with van der Waals surface area (Å²) in [4.78, 5) is 15.1. The van der Waals surface area contributed by atoms with Gasteiger partial charge >= 0.3 is 0 Å². The maximum atomic E-state index is 13.1. The van der Waals surface area contributed by atoms with Crippen molar-refractivity contribution in [2.24, 2.45) is 0 Å². The highest BCUT2D eigenvalue weighted by atomic mass is 16.2. The number of nitrogens with zero attached hydrogens (tertiary/aromatic N) is 3. The summed E-state index contributed by atoms with van der Waals surface area (Å²) in [5.41, 5.74) is 5.05. The van der Waals surface area contributed by atoms with Gasteiger partial charge in [-0.05, 0) is 51.2 Å². The summed E-state index contributed by atoms with van der Waals surface area (Å²) in [6.45, 7) is 8.01. The van der Waals surface area contributed by atoms with E-state index >= 15 is 0 Å². The predicted octanol–water partition coefficient (Wildman–Crippen LogP) is 3.93. The van der Waals surface area contributed by atoms with Crippen LogP contribution in [0.25, 0.3) is 5.69 Å². The van der Waals surface area contributed by atoms with Crippen molar-refractivity contribution in [1.82, 2.24) is 14.7 Å². The van der Waals surface area contributed by atoms with Crippen molar-refractivity contribution >= 4 is 5.91 Å². The molecular formula is C20H27N3O. The van der Waals surface area contributed by atoms with E-state index in [2.05, 4.69) is 45.0 Å². The maximum absolute atomic E-state index is 13.1. The smallest absolute Gasteiger partial charge is 0.257 e. The van der Waals surface area contributed by atoms with Gasteiger partial charge in [-0.25, -0.2) is 4.68 Å². The first-order chi connectivity index (χ1) is 11.7. The Hall–Kier alpha value is -2.10. The van der Waals surface area contributed by atoms with Crippen LogP contribution in [0.3, 0.4) is 0 Å². The molecular weight excluding hydrogens is 298 g/mol. The van der Waals surface area contributed by atoms with Crippen LogP contribution in [0.4, 0.5) is 0 Å². The summed E-state index contributed by atoms with van der Waals surface area (Å²) in [5.74, 6) is 0.168. The van der Waals surface area contributed by atoms with Gasteiger partial charge in [0.05, 0.1) is 22.6 Å². The molecule has 1 aliphatic rings. The highest BCUT2D eigenvalue weighted by Gasteiger charge is 2.27. The average molecular weight is 325 g/mol. The minimum atomic E-state index is 0.168. The second-order valence-corrected chi connectivity index (χ2v) is 6.58. The van der Waals surface area contributed by atoms with Gasteiger partial charge < -0.3 is 4.90 Å². The molecule has 1 aromatic carbocycles. The number of hydrogen-bond donors (Lipinski definition) is 0. The number of likely N-dealkylation sites (tertiary alicyclic amines) is 1. The van der Waals surface area contributed by atoms with E-state index < -0.39 is 0 Å². The fraction of sp³-hybridized carbons (Fsp3) is 0.500. The minimum Gasteiger partial charge on any atom is -0.339 e. The van der Waals surface area contributed by atoms with E-state index in [1.807, 2.05) is 9.58 Å². The Morgan fingerprint density at radius 1 is 1.04 bits per heavy atom. The van der Waals surface area contributed by atoms with E-state index in [9.17, 15) is 4.79 Å². The Balaban J connectivity index is 2.04.